The molecule has 1 saturated heterocycles. The highest BCUT2D eigenvalue weighted by Gasteiger charge is 2.25. The average Bonchev–Trinajstić information content (AvgIpc) is 3.13. The Balaban J connectivity index is 1.97. The first-order chi connectivity index (χ1) is 10.2. The molecule has 2 aromatic heterocycles. The number of hydrogen-bond acceptors (Lipinski definition) is 4. The summed E-state index contributed by atoms with van der Waals surface area (Å²) in [6.07, 6.45) is 5.14. The highest BCUT2D eigenvalue weighted by molar-refractivity contribution is 5.88. The highest BCUT2D eigenvalue weighted by atomic mass is 16.5. The van der Waals surface area contributed by atoms with Gasteiger partial charge in [-0.05, 0) is 38.1 Å². The van der Waals surface area contributed by atoms with Crippen molar-refractivity contribution in [2.75, 3.05) is 20.2 Å². The van der Waals surface area contributed by atoms with E-state index in [-0.39, 0.29) is 5.97 Å². The van der Waals surface area contributed by atoms with E-state index in [1.807, 2.05) is 22.7 Å². The lowest BCUT2D eigenvalue weighted by molar-refractivity contribution is 0.0591. The van der Waals surface area contributed by atoms with E-state index >= 15 is 0 Å². The van der Waals surface area contributed by atoms with Crippen LogP contribution in [0.1, 0.15) is 36.1 Å². The Hall–Kier alpha value is -1.88. The fraction of sp³-hybridized carbons (Fsp3) is 0.500. The standard InChI is InChI=1S/C16H21N3O2/c1-3-18-9-5-7-12(18)10-15-17-11-13-6-4-8-14(19(13)15)16(20)21-2/h4,6,8,11-12H,3,5,7,9-10H2,1-2H3. The van der Waals surface area contributed by atoms with Gasteiger partial charge in [-0.3, -0.25) is 4.40 Å². The zero-order valence-electron chi connectivity index (χ0n) is 12.6. The summed E-state index contributed by atoms with van der Waals surface area (Å²) in [4.78, 5) is 19.0. The molecular weight excluding hydrogens is 266 g/mol. The van der Waals surface area contributed by atoms with Crippen LogP contribution in [0.5, 0.6) is 0 Å². The number of rotatable bonds is 4. The second kappa shape index (κ2) is 5.85. The molecule has 1 aliphatic rings. The maximum absolute atomic E-state index is 12.0. The molecule has 0 bridgehead atoms. The molecule has 0 spiro atoms. The summed E-state index contributed by atoms with van der Waals surface area (Å²) in [7, 11) is 1.41. The van der Waals surface area contributed by atoms with Gasteiger partial charge < -0.3 is 9.64 Å². The molecule has 3 heterocycles. The van der Waals surface area contributed by atoms with Gasteiger partial charge in [0.05, 0.1) is 18.8 Å². The molecule has 1 atom stereocenters. The quantitative estimate of drug-likeness (QED) is 0.808. The first kappa shape index (κ1) is 14.1. The number of imidazole rings is 1. The van der Waals surface area contributed by atoms with Crippen molar-refractivity contribution in [2.45, 2.75) is 32.2 Å². The van der Waals surface area contributed by atoms with Crippen molar-refractivity contribution >= 4 is 11.5 Å². The minimum absolute atomic E-state index is 0.321. The Morgan fingerprint density at radius 1 is 1.48 bits per heavy atom. The number of pyridine rings is 1. The number of likely N-dealkylation sites (N-methyl/N-ethyl adjacent to an activating group) is 1. The normalized spacial score (nSPS) is 19.2. The zero-order chi connectivity index (χ0) is 14.8. The van der Waals surface area contributed by atoms with Crippen molar-refractivity contribution in [3.63, 3.8) is 0 Å². The molecule has 0 amide bonds. The van der Waals surface area contributed by atoms with Crippen LogP contribution in [0.4, 0.5) is 0 Å². The maximum Gasteiger partial charge on any atom is 0.355 e. The molecule has 0 aliphatic carbocycles. The zero-order valence-corrected chi connectivity index (χ0v) is 12.6. The second-order valence-electron chi connectivity index (χ2n) is 5.47. The van der Waals surface area contributed by atoms with Crippen molar-refractivity contribution in [1.82, 2.24) is 14.3 Å². The molecule has 0 radical (unpaired) electrons. The lowest BCUT2D eigenvalue weighted by Crippen LogP contribution is -2.31. The summed E-state index contributed by atoms with van der Waals surface area (Å²) in [6, 6.07) is 6.14. The topological polar surface area (TPSA) is 46.8 Å². The van der Waals surface area contributed by atoms with Crippen LogP contribution in [-0.4, -0.2) is 46.5 Å². The number of methoxy groups -OCH3 is 1. The van der Waals surface area contributed by atoms with Gasteiger partial charge >= 0.3 is 5.97 Å². The molecule has 1 aliphatic heterocycles. The minimum atomic E-state index is -0.321. The first-order valence-electron chi connectivity index (χ1n) is 7.52. The van der Waals surface area contributed by atoms with Crippen molar-refractivity contribution < 1.29 is 9.53 Å². The Bertz CT molecular complexity index is 650. The van der Waals surface area contributed by atoms with Crippen LogP contribution < -0.4 is 0 Å². The number of carbonyl (C=O) groups excluding carboxylic acids is 1. The van der Waals surface area contributed by atoms with E-state index in [1.165, 1.54) is 20.0 Å². The molecule has 5 heteroatoms. The molecular formula is C16H21N3O2. The van der Waals surface area contributed by atoms with Crippen LogP contribution in [0.2, 0.25) is 0 Å². The first-order valence-corrected chi connectivity index (χ1v) is 7.52. The summed E-state index contributed by atoms with van der Waals surface area (Å²) in [5.41, 5.74) is 1.48. The molecule has 0 aromatic carbocycles. The van der Waals surface area contributed by atoms with Crippen molar-refractivity contribution in [3.05, 3.63) is 35.9 Å². The van der Waals surface area contributed by atoms with Gasteiger partial charge in [0.1, 0.15) is 11.5 Å². The number of likely N-dealkylation sites (tertiary alicyclic amines) is 1. The largest absolute Gasteiger partial charge is 0.464 e. The number of ether oxygens (including phenoxy) is 1. The lowest BCUT2D eigenvalue weighted by Gasteiger charge is -2.22. The Morgan fingerprint density at radius 2 is 2.33 bits per heavy atom. The molecule has 0 saturated carbocycles. The average molecular weight is 287 g/mol. The number of esters is 1. The van der Waals surface area contributed by atoms with Gasteiger partial charge in [0.15, 0.2) is 0 Å². The Kier molecular flexibility index (Phi) is 3.92. The van der Waals surface area contributed by atoms with Crippen molar-refractivity contribution in [1.29, 1.82) is 0 Å². The van der Waals surface area contributed by atoms with Crippen LogP contribution in [0.15, 0.2) is 24.4 Å². The number of aromatic nitrogens is 2. The van der Waals surface area contributed by atoms with Crippen molar-refractivity contribution in [2.24, 2.45) is 0 Å². The van der Waals surface area contributed by atoms with Crippen LogP contribution >= 0.6 is 0 Å². The highest BCUT2D eigenvalue weighted by Crippen LogP contribution is 2.21. The van der Waals surface area contributed by atoms with E-state index in [1.54, 1.807) is 6.07 Å². The fourth-order valence-electron chi connectivity index (χ4n) is 3.27. The summed E-state index contributed by atoms with van der Waals surface area (Å²) in [6.45, 7) is 4.42. The molecule has 1 fully saturated rings. The van der Waals surface area contributed by atoms with Gasteiger partial charge in [-0.2, -0.15) is 0 Å². The van der Waals surface area contributed by atoms with E-state index < -0.39 is 0 Å². The van der Waals surface area contributed by atoms with Crippen LogP contribution in [0.3, 0.4) is 0 Å². The van der Waals surface area contributed by atoms with Crippen molar-refractivity contribution in [3.8, 4) is 0 Å². The Labute approximate surface area is 124 Å². The molecule has 5 nitrogen and oxygen atoms in total. The smallest absolute Gasteiger partial charge is 0.355 e. The minimum Gasteiger partial charge on any atom is -0.464 e. The molecule has 21 heavy (non-hydrogen) atoms. The van der Waals surface area contributed by atoms with Gasteiger partial charge in [0.2, 0.25) is 0 Å². The van der Waals surface area contributed by atoms with E-state index in [0.717, 1.165) is 30.9 Å². The number of carbonyl (C=O) groups is 1. The summed E-state index contributed by atoms with van der Waals surface area (Å²) in [5.74, 6) is 0.620. The second-order valence-corrected chi connectivity index (χ2v) is 5.47. The summed E-state index contributed by atoms with van der Waals surface area (Å²) < 4.78 is 6.81. The monoisotopic (exact) mass is 287 g/mol. The van der Waals surface area contributed by atoms with E-state index in [4.69, 9.17) is 4.74 Å². The molecule has 112 valence electrons. The maximum atomic E-state index is 12.0. The van der Waals surface area contributed by atoms with Gasteiger partial charge in [0.25, 0.3) is 0 Å². The number of nitrogens with zero attached hydrogens (tertiary/aromatic N) is 3. The number of fused-ring (bicyclic) bond motifs is 1. The predicted molar refractivity (Wildman–Crippen MR) is 80.5 cm³/mol. The fourth-order valence-corrected chi connectivity index (χ4v) is 3.27. The van der Waals surface area contributed by atoms with Gasteiger partial charge in [0, 0.05) is 12.5 Å². The molecule has 3 rings (SSSR count). The molecule has 1 unspecified atom stereocenters. The van der Waals surface area contributed by atoms with Crippen LogP contribution in [-0.2, 0) is 11.2 Å². The van der Waals surface area contributed by atoms with Crippen LogP contribution in [0, 0.1) is 0 Å². The van der Waals surface area contributed by atoms with Gasteiger partial charge in [-0.1, -0.05) is 13.0 Å². The van der Waals surface area contributed by atoms with E-state index in [0.29, 0.717) is 11.7 Å². The molecule has 2 aromatic rings. The third-order valence-electron chi connectivity index (χ3n) is 4.34. The number of hydrogen-bond donors (Lipinski definition) is 0. The SMILES string of the molecule is CCN1CCCC1Cc1ncc2cccc(C(=O)OC)n12. The van der Waals surface area contributed by atoms with E-state index in [9.17, 15) is 4.79 Å². The van der Waals surface area contributed by atoms with Crippen LogP contribution in [0.25, 0.3) is 5.52 Å². The summed E-state index contributed by atoms with van der Waals surface area (Å²) in [5, 5.41) is 0. The molecule has 0 N–H and O–H groups in total. The van der Waals surface area contributed by atoms with Gasteiger partial charge in [-0.15, -0.1) is 0 Å². The third kappa shape index (κ3) is 2.53. The summed E-state index contributed by atoms with van der Waals surface area (Å²) >= 11 is 0. The lowest BCUT2D eigenvalue weighted by atomic mass is 10.1. The van der Waals surface area contributed by atoms with E-state index in [2.05, 4.69) is 16.8 Å². The Morgan fingerprint density at radius 3 is 3.10 bits per heavy atom. The van der Waals surface area contributed by atoms with Gasteiger partial charge in [-0.25, -0.2) is 9.78 Å². The predicted octanol–water partition coefficient (Wildman–Crippen LogP) is 2.15. The third-order valence-corrected chi connectivity index (χ3v) is 4.34.